The maximum Gasteiger partial charge on any atom is 0.0838 e. The Kier molecular flexibility index (Phi) is 4.49. The zero-order chi connectivity index (χ0) is 14.0. The number of aliphatic hydroxyl groups is 1. The van der Waals surface area contributed by atoms with E-state index in [9.17, 15) is 5.11 Å². The van der Waals surface area contributed by atoms with Gasteiger partial charge in [-0.2, -0.15) is 0 Å². The molecular weight excluding hydrogens is 320 g/mol. The van der Waals surface area contributed by atoms with Gasteiger partial charge in [0, 0.05) is 11.3 Å². The van der Waals surface area contributed by atoms with Gasteiger partial charge in [-0.1, -0.05) is 45.0 Å². The fourth-order valence-electron chi connectivity index (χ4n) is 1.98. The normalized spacial score (nSPS) is 13.5. The average Bonchev–Trinajstić information content (AvgIpc) is 2.74. The summed E-state index contributed by atoms with van der Waals surface area (Å²) >= 11 is 5.12. The van der Waals surface area contributed by atoms with E-state index in [4.69, 9.17) is 0 Å². The lowest BCUT2D eigenvalue weighted by Gasteiger charge is -2.20. The lowest BCUT2D eigenvalue weighted by atomic mass is 9.86. The summed E-state index contributed by atoms with van der Waals surface area (Å²) in [5, 5.41) is 10.3. The predicted octanol–water partition coefficient (Wildman–Crippen LogP) is 5.08. The van der Waals surface area contributed by atoms with Crippen molar-refractivity contribution in [1.82, 2.24) is 0 Å². The van der Waals surface area contributed by atoms with Crippen LogP contribution in [0.1, 0.15) is 42.9 Å². The fraction of sp³-hybridized carbons (Fsp3) is 0.375. The summed E-state index contributed by atoms with van der Waals surface area (Å²) in [7, 11) is 0. The van der Waals surface area contributed by atoms with Gasteiger partial charge in [0.15, 0.2) is 0 Å². The number of benzene rings is 1. The summed E-state index contributed by atoms with van der Waals surface area (Å²) in [6.07, 6.45) is 0.241. The molecule has 1 aromatic heterocycles. The zero-order valence-corrected chi connectivity index (χ0v) is 13.9. The van der Waals surface area contributed by atoms with Crippen LogP contribution in [0.25, 0.3) is 0 Å². The van der Waals surface area contributed by atoms with Crippen LogP contribution in [0.3, 0.4) is 0 Å². The van der Waals surface area contributed by atoms with Crippen molar-refractivity contribution in [3.05, 3.63) is 56.2 Å². The van der Waals surface area contributed by atoms with Gasteiger partial charge in [0.1, 0.15) is 0 Å². The highest BCUT2D eigenvalue weighted by Gasteiger charge is 2.15. The van der Waals surface area contributed by atoms with Crippen molar-refractivity contribution in [3.63, 3.8) is 0 Å². The summed E-state index contributed by atoms with van der Waals surface area (Å²) in [6, 6.07) is 12.4. The van der Waals surface area contributed by atoms with E-state index in [0.29, 0.717) is 6.42 Å². The van der Waals surface area contributed by atoms with E-state index in [1.807, 2.05) is 18.2 Å². The molecule has 2 rings (SSSR count). The van der Waals surface area contributed by atoms with Crippen molar-refractivity contribution < 1.29 is 5.11 Å². The molecule has 102 valence electrons. The Balaban J connectivity index is 2.09. The maximum absolute atomic E-state index is 10.3. The standard InChI is InChI=1S/C16H19BrOS/c1-16(2,3)12-6-4-11(5-7-12)14(18)10-13-8-9-15(17)19-13/h4-9,14,18H,10H2,1-3H3. The number of hydrogen-bond donors (Lipinski definition) is 1. The first-order valence-corrected chi connectivity index (χ1v) is 8.00. The smallest absolute Gasteiger partial charge is 0.0838 e. The van der Waals surface area contributed by atoms with Gasteiger partial charge < -0.3 is 5.11 Å². The fourth-order valence-corrected chi connectivity index (χ4v) is 3.49. The third-order valence-electron chi connectivity index (χ3n) is 3.18. The summed E-state index contributed by atoms with van der Waals surface area (Å²) in [6.45, 7) is 6.59. The topological polar surface area (TPSA) is 20.2 Å². The zero-order valence-electron chi connectivity index (χ0n) is 11.5. The number of hydrogen-bond acceptors (Lipinski definition) is 2. The molecule has 1 atom stereocenters. The van der Waals surface area contributed by atoms with E-state index in [0.717, 1.165) is 9.35 Å². The van der Waals surface area contributed by atoms with Crippen LogP contribution in [0.5, 0.6) is 0 Å². The lowest BCUT2D eigenvalue weighted by molar-refractivity contribution is 0.179. The highest BCUT2D eigenvalue weighted by atomic mass is 79.9. The van der Waals surface area contributed by atoms with Crippen molar-refractivity contribution >= 4 is 27.3 Å². The van der Waals surface area contributed by atoms with E-state index in [2.05, 4.69) is 54.9 Å². The van der Waals surface area contributed by atoms with Crippen LogP contribution >= 0.6 is 27.3 Å². The van der Waals surface area contributed by atoms with Gasteiger partial charge >= 0.3 is 0 Å². The van der Waals surface area contributed by atoms with Crippen LogP contribution < -0.4 is 0 Å². The number of thiophene rings is 1. The van der Waals surface area contributed by atoms with Gasteiger partial charge in [0.2, 0.25) is 0 Å². The maximum atomic E-state index is 10.3. The number of rotatable bonds is 3. The Morgan fingerprint density at radius 1 is 1.11 bits per heavy atom. The third-order valence-corrected chi connectivity index (χ3v) is 4.83. The lowest BCUT2D eigenvalue weighted by Crippen LogP contribution is -2.11. The molecule has 0 aliphatic carbocycles. The molecule has 0 amide bonds. The van der Waals surface area contributed by atoms with Crippen molar-refractivity contribution in [2.75, 3.05) is 0 Å². The molecule has 1 aromatic carbocycles. The van der Waals surface area contributed by atoms with Crippen LogP contribution in [0.4, 0.5) is 0 Å². The summed E-state index contributed by atoms with van der Waals surface area (Å²) in [5.41, 5.74) is 2.43. The summed E-state index contributed by atoms with van der Waals surface area (Å²) in [5.74, 6) is 0. The molecule has 0 radical (unpaired) electrons. The SMILES string of the molecule is CC(C)(C)c1ccc(C(O)Cc2ccc(Br)s2)cc1. The molecule has 0 saturated carbocycles. The molecule has 1 nitrogen and oxygen atoms in total. The molecule has 1 unspecified atom stereocenters. The molecular formula is C16H19BrOS. The molecule has 0 fully saturated rings. The minimum absolute atomic E-state index is 0.155. The van der Waals surface area contributed by atoms with Gasteiger partial charge in [-0.3, -0.25) is 0 Å². The van der Waals surface area contributed by atoms with Crippen molar-refractivity contribution in [2.45, 2.75) is 38.7 Å². The second kappa shape index (κ2) is 5.78. The molecule has 0 aliphatic heterocycles. The van der Waals surface area contributed by atoms with Crippen molar-refractivity contribution in [3.8, 4) is 0 Å². The van der Waals surface area contributed by atoms with Crippen LogP contribution in [0.2, 0.25) is 0 Å². The first kappa shape index (κ1) is 14.8. The minimum atomic E-state index is -0.431. The van der Waals surface area contributed by atoms with Crippen molar-refractivity contribution in [1.29, 1.82) is 0 Å². The van der Waals surface area contributed by atoms with E-state index in [-0.39, 0.29) is 5.41 Å². The van der Waals surface area contributed by atoms with Gasteiger partial charge in [0.05, 0.1) is 9.89 Å². The molecule has 1 heterocycles. The Morgan fingerprint density at radius 2 is 1.74 bits per heavy atom. The molecule has 3 heteroatoms. The Morgan fingerprint density at radius 3 is 2.21 bits per heavy atom. The molecule has 2 aromatic rings. The van der Waals surface area contributed by atoms with E-state index in [1.165, 1.54) is 10.4 Å². The predicted molar refractivity (Wildman–Crippen MR) is 85.8 cm³/mol. The van der Waals surface area contributed by atoms with E-state index >= 15 is 0 Å². The van der Waals surface area contributed by atoms with Crippen LogP contribution in [-0.4, -0.2) is 5.11 Å². The Bertz CT molecular complexity index is 537. The van der Waals surface area contributed by atoms with Gasteiger partial charge in [-0.15, -0.1) is 11.3 Å². The number of aliphatic hydroxyl groups excluding tert-OH is 1. The highest BCUT2D eigenvalue weighted by Crippen LogP contribution is 2.28. The van der Waals surface area contributed by atoms with Crippen LogP contribution in [0.15, 0.2) is 40.2 Å². The second-order valence-corrected chi connectivity index (χ2v) is 8.35. The van der Waals surface area contributed by atoms with E-state index < -0.39 is 6.10 Å². The van der Waals surface area contributed by atoms with Gasteiger partial charge in [-0.25, -0.2) is 0 Å². The third kappa shape index (κ3) is 3.91. The molecule has 0 spiro atoms. The average molecular weight is 339 g/mol. The molecule has 0 saturated heterocycles. The van der Waals surface area contributed by atoms with E-state index in [1.54, 1.807) is 11.3 Å². The summed E-state index contributed by atoms with van der Waals surface area (Å²) < 4.78 is 1.11. The van der Waals surface area contributed by atoms with Gasteiger partial charge in [0.25, 0.3) is 0 Å². The molecule has 1 N–H and O–H groups in total. The van der Waals surface area contributed by atoms with Crippen LogP contribution in [0, 0.1) is 0 Å². The highest BCUT2D eigenvalue weighted by molar-refractivity contribution is 9.11. The Labute approximate surface area is 127 Å². The first-order chi connectivity index (χ1) is 8.86. The first-order valence-electron chi connectivity index (χ1n) is 6.39. The summed E-state index contributed by atoms with van der Waals surface area (Å²) in [4.78, 5) is 1.19. The second-order valence-electron chi connectivity index (χ2n) is 5.80. The quantitative estimate of drug-likeness (QED) is 0.826. The number of halogens is 1. The molecule has 0 bridgehead atoms. The minimum Gasteiger partial charge on any atom is -0.388 e. The monoisotopic (exact) mass is 338 g/mol. The van der Waals surface area contributed by atoms with Crippen molar-refractivity contribution in [2.24, 2.45) is 0 Å². The molecule has 0 aliphatic rings. The molecule has 19 heavy (non-hydrogen) atoms. The van der Waals surface area contributed by atoms with Gasteiger partial charge in [-0.05, 0) is 44.6 Å². The Hall–Kier alpha value is -0.640. The largest absolute Gasteiger partial charge is 0.388 e. The van der Waals surface area contributed by atoms with Crippen LogP contribution in [-0.2, 0) is 11.8 Å².